The highest BCUT2D eigenvalue weighted by atomic mass is 35.5. The average molecular weight is 526 g/mol. The molecule has 0 bridgehead atoms. The van der Waals surface area contributed by atoms with Gasteiger partial charge in [0.05, 0.1) is 12.2 Å². The number of rotatable bonds is 7. The molecule has 0 aliphatic carbocycles. The molecule has 10 heteroatoms. The number of nitrogens with zero attached hydrogens (tertiary/aromatic N) is 1. The van der Waals surface area contributed by atoms with Gasteiger partial charge in [0.1, 0.15) is 5.82 Å². The van der Waals surface area contributed by atoms with Gasteiger partial charge >= 0.3 is 12.1 Å². The summed E-state index contributed by atoms with van der Waals surface area (Å²) >= 11 is 6.39. The summed E-state index contributed by atoms with van der Waals surface area (Å²) < 4.78 is 62.9. The first kappa shape index (κ1) is 27.4. The van der Waals surface area contributed by atoms with Crippen LogP contribution in [0.1, 0.15) is 48.2 Å². The molecule has 1 heterocycles. The lowest BCUT2D eigenvalue weighted by molar-refractivity contribution is -0.274. The maximum atomic E-state index is 14.3. The van der Waals surface area contributed by atoms with Crippen LogP contribution in [0.4, 0.5) is 17.6 Å². The van der Waals surface area contributed by atoms with Crippen LogP contribution in [0.5, 0.6) is 0 Å². The molecule has 0 aliphatic heterocycles. The number of halogens is 5. The van der Waals surface area contributed by atoms with Crippen molar-refractivity contribution in [2.45, 2.75) is 45.0 Å². The lowest BCUT2D eigenvalue weighted by Crippen LogP contribution is -2.47. The lowest BCUT2D eigenvalue weighted by Gasteiger charge is -2.37. The highest BCUT2D eigenvalue weighted by Gasteiger charge is 2.59. The highest BCUT2D eigenvalue weighted by molar-refractivity contribution is 6.31. The van der Waals surface area contributed by atoms with E-state index in [0.717, 1.165) is 29.0 Å². The fourth-order valence-electron chi connectivity index (χ4n) is 4.02. The molecular formula is C26H24ClF4NO4. The highest BCUT2D eigenvalue weighted by Crippen LogP contribution is 2.49. The Labute approximate surface area is 209 Å². The molecule has 2 unspecified atom stereocenters. The summed E-state index contributed by atoms with van der Waals surface area (Å²) in [4.78, 5) is 23.9. The van der Waals surface area contributed by atoms with E-state index in [0.29, 0.717) is 11.1 Å². The Balaban J connectivity index is 2.07. The third kappa shape index (κ3) is 5.03. The monoisotopic (exact) mass is 525 g/mol. The van der Waals surface area contributed by atoms with Gasteiger partial charge in [-0.3, -0.25) is 4.79 Å². The molecule has 0 amide bonds. The van der Waals surface area contributed by atoms with Crippen LogP contribution in [-0.2, 0) is 16.9 Å². The SMILES string of the molecule is CCOC(=O)c1cc(-c2ccc(C(C)C(O)(c3ccc(=O)n(CC)c3)C(F)(F)F)c(Cl)c2)ccc1F. The Hall–Kier alpha value is -3.17. The minimum Gasteiger partial charge on any atom is -0.462 e. The van der Waals surface area contributed by atoms with E-state index in [-0.39, 0.29) is 29.3 Å². The van der Waals surface area contributed by atoms with Gasteiger partial charge in [0, 0.05) is 35.3 Å². The second-order valence-electron chi connectivity index (χ2n) is 8.18. The van der Waals surface area contributed by atoms with Gasteiger partial charge in [-0.2, -0.15) is 13.2 Å². The second kappa shape index (κ2) is 10.4. The Bertz CT molecular complexity index is 1340. The zero-order chi connectivity index (χ0) is 26.8. The van der Waals surface area contributed by atoms with Crippen molar-refractivity contribution in [1.82, 2.24) is 4.57 Å². The number of hydrogen-bond donors (Lipinski definition) is 1. The molecule has 2 atom stereocenters. The third-order valence-corrected chi connectivity index (χ3v) is 6.41. The van der Waals surface area contributed by atoms with Gasteiger partial charge in [0.15, 0.2) is 5.60 Å². The van der Waals surface area contributed by atoms with E-state index in [9.17, 15) is 32.3 Å². The quantitative estimate of drug-likeness (QED) is 0.301. The van der Waals surface area contributed by atoms with Gasteiger partial charge in [-0.05, 0) is 54.8 Å². The van der Waals surface area contributed by atoms with E-state index in [2.05, 4.69) is 0 Å². The van der Waals surface area contributed by atoms with Crippen LogP contribution < -0.4 is 5.56 Å². The Morgan fingerprint density at radius 3 is 2.31 bits per heavy atom. The van der Waals surface area contributed by atoms with Crippen LogP contribution in [0.25, 0.3) is 11.1 Å². The maximum Gasteiger partial charge on any atom is 0.422 e. The van der Waals surface area contributed by atoms with E-state index >= 15 is 0 Å². The van der Waals surface area contributed by atoms with Gasteiger partial charge in [-0.15, -0.1) is 0 Å². The molecule has 3 aromatic rings. The van der Waals surface area contributed by atoms with E-state index in [1.807, 2.05) is 0 Å². The molecule has 1 aromatic heterocycles. The fourth-order valence-corrected chi connectivity index (χ4v) is 4.36. The molecule has 0 radical (unpaired) electrons. The number of benzene rings is 2. The Kier molecular flexibility index (Phi) is 7.95. The number of ether oxygens (including phenoxy) is 1. The van der Waals surface area contributed by atoms with Crippen LogP contribution in [0, 0.1) is 5.82 Å². The van der Waals surface area contributed by atoms with Crippen LogP contribution in [0.2, 0.25) is 5.02 Å². The van der Waals surface area contributed by atoms with Crippen molar-refractivity contribution in [3.05, 3.63) is 92.6 Å². The standard InChI is InChI=1S/C26H24ClF4NO4/c1-4-32-14-18(8-11-23(32)33)25(35,26(29,30)31)15(3)19-9-6-17(13-21(19)27)16-7-10-22(28)20(12-16)24(34)36-5-2/h6-15,35H,4-5H2,1-3H3. The molecule has 0 fully saturated rings. The number of aromatic nitrogens is 1. The van der Waals surface area contributed by atoms with E-state index < -0.39 is 40.6 Å². The molecule has 3 rings (SSSR count). The largest absolute Gasteiger partial charge is 0.462 e. The number of carbonyl (C=O) groups is 1. The number of aryl methyl sites for hydroxylation is 1. The zero-order valence-electron chi connectivity index (χ0n) is 19.7. The van der Waals surface area contributed by atoms with Crippen molar-refractivity contribution < 1.29 is 32.2 Å². The van der Waals surface area contributed by atoms with Crippen LogP contribution in [0.3, 0.4) is 0 Å². The van der Waals surface area contributed by atoms with Crippen LogP contribution >= 0.6 is 11.6 Å². The Morgan fingerprint density at radius 1 is 1.08 bits per heavy atom. The second-order valence-corrected chi connectivity index (χ2v) is 8.59. The smallest absolute Gasteiger partial charge is 0.422 e. The van der Waals surface area contributed by atoms with Crippen molar-refractivity contribution >= 4 is 17.6 Å². The molecular weight excluding hydrogens is 502 g/mol. The van der Waals surface area contributed by atoms with Gasteiger partial charge in [-0.25, -0.2) is 9.18 Å². The predicted molar refractivity (Wildman–Crippen MR) is 128 cm³/mol. The van der Waals surface area contributed by atoms with Crippen LogP contribution in [0.15, 0.2) is 59.5 Å². The minimum atomic E-state index is -5.10. The first-order valence-electron chi connectivity index (χ1n) is 11.1. The van der Waals surface area contributed by atoms with Gasteiger partial charge < -0.3 is 14.4 Å². The first-order valence-corrected chi connectivity index (χ1v) is 11.5. The maximum absolute atomic E-state index is 14.3. The molecule has 2 aromatic carbocycles. The van der Waals surface area contributed by atoms with Crippen molar-refractivity contribution in [1.29, 1.82) is 0 Å². The zero-order valence-corrected chi connectivity index (χ0v) is 20.5. The van der Waals surface area contributed by atoms with Crippen molar-refractivity contribution in [2.75, 3.05) is 6.61 Å². The minimum absolute atomic E-state index is 0.00205. The van der Waals surface area contributed by atoms with Gasteiger partial charge in [0.25, 0.3) is 5.56 Å². The topological polar surface area (TPSA) is 68.5 Å². The van der Waals surface area contributed by atoms with Crippen molar-refractivity contribution in [3.8, 4) is 11.1 Å². The summed E-state index contributed by atoms with van der Waals surface area (Å²) in [6, 6.07) is 9.84. The molecule has 0 saturated carbocycles. The summed E-state index contributed by atoms with van der Waals surface area (Å²) in [5.41, 5.74) is -3.83. The van der Waals surface area contributed by atoms with Crippen LogP contribution in [-0.4, -0.2) is 28.4 Å². The van der Waals surface area contributed by atoms with E-state index in [1.54, 1.807) is 13.8 Å². The first-order chi connectivity index (χ1) is 16.8. The van der Waals surface area contributed by atoms with Gasteiger partial charge in [0.2, 0.25) is 0 Å². The number of esters is 1. The summed E-state index contributed by atoms with van der Waals surface area (Å²) in [7, 11) is 0. The molecule has 5 nitrogen and oxygen atoms in total. The fraction of sp³-hybridized carbons (Fsp3) is 0.308. The lowest BCUT2D eigenvalue weighted by atomic mass is 9.78. The summed E-state index contributed by atoms with van der Waals surface area (Å²) in [5, 5.41) is 11.0. The summed E-state index contributed by atoms with van der Waals surface area (Å²) in [5.74, 6) is -3.20. The normalized spacial score (nSPS) is 14.2. The number of alkyl halides is 3. The molecule has 0 saturated heterocycles. The molecule has 192 valence electrons. The number of hydrogen-bond acceptors (Lipinski definition) is 4. The number of aliphatic hydroxyl groups is 1. The van der Waals surface area contributed by atoms with Crippen molar-refractivity contribution in [3.63, 3.8) is 0 Å². The molecule has 36 heavy (non-hydrogen) atoms. The molecule has 1 N–H and O–H groups in total. The predicted octanol–water partition coefficient (Wildman–Crippen LogP) is 6.06. The van der Waals surface area contributed by atoms with Gasteiger partial charge in [-0.1, -0.05) is 36.7 Å². The van der Waals surface area contributed by atoms with Crippen molar-refractivity contribution in [2.24, 2.45) is 0 Å². The van der Waals surface area contributed by atoms with E-state index in [1.165, 1.54) is 37.3 Å². The molecule has 0 aliphatic rings. The molecule has 0 spiro atoms. The Morgan fingerprint density at radius 2 is 1.72 bits per heavy atom. The average Bonchev–Trinajstić information content (AvgIpc) is 2.83. The summed E-state index contributed by atoms with van der Waals surface area (Å²) in [6.07, 6.45) is -4.11. The number of carbonyl (C=O) groups excluding carboxylic acids is 1. The number of pyridine rings is 1. The third-order valence-electron chi connectivity index (χ3n) is 6.09. The van der Waals surface area contributed by atoms with E-state index in [4.69, 9.17) is 16.3 Å². The summed E-state index contributed by atoms with van der Waals surface area (Å²) in [6.45, 7) is 4.54.